The van der Waals surface area contributed by atoms with Crippen LogP contribution in [0.15, 0.2) is 0 Å². The Balaban J connectivity index is 3.83. The fourth-order valence-electron chi connectivity index (χ4n) is 1.12. The van der Waals surface area contributed by atoms with Gasteiger partial charge in [-0.15, -0.1) is 0 Å². The summed E-state index contributed by atoms with van der Waals surface area (Å²) >= 11 is 16.3. The van der Waals surface area contributed by atoms with Crippen LogP contribution in [-0.2, 0) is 0 Å². The maximum absolute atomic E-state index is 13.5. The van der Waals surface area contributed by atoms with Crippen LogP contribution < -0.4 is 0 Å². The second-order valence-electron chi connectivity index (χ2n) is 2.82. The molecule has 0 heterocycles. The predicted octanol–water partition coefficient (Wildman–Crippen LogP) is 3.73. The van der Waals surface area contributed by atoms with Crippen LogP contribution in [-0.4, -0.2) is 10.2 Å². The van der Waals surface area contributed by atoms with Crippen LogP contribution >= 0.6 is 34.8 Å². The molecule has 86 valence electrons. The Morgan fingerprint density at radius 2 is 1.88 bits per heavy atom. The minimum Gasteiger partial charge on any atom is -0.275 e. The van der Waals surface area contributed by atoms with E-state index in [1.54, 1.807) is 0 Å². The lowest BCUT2D eigenvalue weighted by Crippen LogP contribution is -2.05. The minimum atomic E-state index is -1.32. The van der Waals surface area contributed by atoms with Crippen LogP contribution in [0.1, 0.15) is 15.9 Å². The molecule has 0 atom stereocenters. The molecule has 0 aliphatic carbocycles. The fourth-order valence-corrected chi connectivity index (χ4v) is 1.85. The second-order valence-corrected chi connectivity index (χ2v) is 3.92. The zero-order valence-corrected chi connectivity index (χ0v) is 9.95. The van der Waals surface area contributed by atoms with Crippen molar-refractivity contribution in [3.05, 3.63) is 37.1 Å². The number of halogens is 4. The lowest BCUT2D eigenvalue weighted by Gasteiger charge is -2.07. The van der Waals surface area contributed by atoms with E-state index < -0.39 is 32.3 Å². The molecule has 1 aromatic carbocycles. The Morgan fingerprint density at radius 1 is 1.38 bits per heavy atom. The van der Waals surface area contributed by atoms with Crippen molar-refractivity contribution in [2.24, 2.45) is 0 Å². The van der Waals surface area contributed by atoms with Crippen molar-refractivity contribution < 1.29 is 14.1 Å². The number of carbonyl (C=O) groups is 1. The maximum atomic E-state index is 13.5. The highest BCUT2D eigenvalue weighted by atomic mass is 35.5. The summed E-state index contributed by atoms with van der Waals surface area (Å²) in [7, 11) is 0. The van der Waals surface area contributed by atoms with E-state index in [1.165, 1.54) is 6.92 Å². The summed E-state index contributed by atoms with van der Waals surface area (Å²) in [5.74, 6) is -1.32. The molecule has 0 aliphatic rings. The van der Waals surface area contributed by atoms with Crippen molar-refractivity contribution in [1.82, 2.24) is 0 Å². The van der Waals surface area contributed by atoms with Gasteiger partial charge >= 0.3 is 5.69 Å². The summed E-state index contributed by atoms with van der Waals surface area (Å²) in [6.07, 6.45) is 0. The second kappa shape index (κ2) is 4.53. The Kier molecular flexibility index (Phi) is 3.72. The van der Waals surface area contributed by atoms with Crippen LogP contribution in [0.5, 0.6) is 0 Å². The number of nitro benzene ring substituents is 1. The van der Waals surface area contributed by atoms with Gasteiger partial charge in [-0.05, 0) is 24.1 Å². The molecule has 0 saturated heterocycles. The first-order valence-corrected chi connectivity index (χ1v) is 4.93. The molecule has 0 aliphatic heterocycles. The van der Waals surface area contributed by atoms with E-state index in [4.69, 9.17) is 34.8 Å². The Labute approximate surface area is 104 Å². The summed E-state index contributed by atoms with van der Waals surface area (Å²) in [6, 6.07) is 0. The molecule has 0 spiro atoms. The fraction of sp³-hybridized carbons (Fsp3) is 0.125. The van der Waals surface area contributed by atoms with Crippen LogP contribution in [0.3, 0.4) is 0 Å². The third kappa shape index (κ3) is 1.98. The van der Waals surface area contributed by atoms with Gasteiger partial charge in [0, 0.05) is 0 Å². The molecule has 0 unspecified atom stereocenters. The number of hydrogen-bond acceptors (Lipinski definition) is 3. The van der Waals surface area contributed by atoms with Crippen molar-refractivity contribution in [2.75, 3.05) is 0 Å². The van der Waals surface area contributed by atoms with Crippen molar-refractivity contribution in [3.63, 3.8) is 0 Å². The lowest BCUT2D eigenvalue weighted by atomic mass is 10.1. The van der Waals surface area contributed by atoms with Gasteiger partial charge in [0.05, 0.1) is 15.0 Å². The van der Waals surface area contributed by atoms with E-state index in [0.717, 1.165) is 0 Å². The minimum absolute atomic E-state index is 0.0235. The third-order valence-electron chi connectivity index (χ3n) is 1.89. The monoisotopic (exact) mass is 285 g/mol. The molecule has 0 saturated carbocycles. The van der Waals surface area contributed by atoms with Crippen molar-refractivity contribution >= 4 is 45.7 Å². The third-order valence-corrected chi connectivity index (χ3v) is 3.01. The smallest absolute Gasteiger partial charge is 0.275 e. The van der Waals surface area contributed by atoms with Gasteiger partial charge in [0.15, 0.2) is 0 Å². The molecule has 0 N–H and O–H groups in total. The number of hydrogen-bond donors (Lipinski definition) is 0. The van der Waals surface area contributed by atoms with Crippen molar-refractivity contribution in [3.8, 4) is 0 Å². The highest BCUT2D eigenvalue weighted by Crippen LogP contribution is 2.38. The van der Waals surface area contributed by atoms with Crippen molar-refractivity contribution in [1.29, 1.82) is 0 Å². The summed E-state index contributed by atoms with van der Waals surface area (Å²) < 4.78 is 13.5. The highest BCUT2D eigenvalue weighted by molar-refractivity contribution is 6.69. The van der Waals surface area contributed by atoms with E-state index in [-0.39, 0.29) is 10.6 Å². The molecule has 0 fully saturated rings. The van der Waals surface area contributed by atoms with Crippen molar-refractivity contribution in [2.45, 2.75) is 6.92 Å². The molecule has 0 aromatic heterocycles. The molecule has 1 aromatic rings. The van der Waals surface area contributed by atoms with Crippen LogP contribution in [0.25, 0.3) is 0 Å². The zero-order chi connectivity index (χ0) is 12.6. The normalized spacial score (nSPS) is 10.3. The Bertz CT molecular complexity index is 459. The molecule has 1 rings (SSSR count). The standard InChI is InChI=1S/C8H3Cl3FNO3/c1-2-4(9)3(8(11)14)7(13(15)16)6(12)5(2)10/h1H3. The first-order chi connectivity index (χ1) is 7.29. The van der Waals surface area contributed by atoms with E-state index in [2.05, 4.69) is 0 Å². The van der Waals surface area contributed by atoms with Gasteiger partial charge in [-0.3, -0.25) is 14.9 Å². The molecule has 0 radical (unpaired) electrons. The number of nitrogens with zero attached hydrogens (tertiary/aromatic N) is 1. The van der Waals surface area contributed by atoms with Gasteiger partial charge in [0.1, 0.15) is 5.56 Å². The number of carbonyl (C=O) groups excluding carboxylic acids is 1. The van der Waals surface area contributed by atoms with Gasteiger partial charge in [0.2, 0.25) is 5.82 Å². The lowest BCUT2D eigenvalue weighted by molar-refractivity contribution is -0.387. The van der Waals surface area contributed by atoms with Gasteiger partial charge in [-0.2, -0.15) is 4.39 Å². The quantitative estimate of drug-likeness (QED) is 0.360. The first-order valence-electron chi connectivity index (χ1n) is 3.80. The highest BCUT2D eigenvalue weighted by Gasteiger charge is 2.31. The number of rotatable bonds is 2. The maximum Gasteiger partial charge on any atom is 0.319 e. The molecular weight excluding hydrogens is 283 g/mol. The molecule has 4 nitrogen and oxygen atoms in total. The molecule has 8 heteroatoms. The summed E-state index contributed by atoms with van der Waals surface area (Å²) in [4.78, 5) is 20.5. The zero-order valence-electron chi connectivity index (χ0n) is 7.68. The van der Waals surface area contributed by atoms with E-state index >= 15 is 0 Å². The summed E-state index contributed by atoms with van der Waals surface area (Å²) in [5, 5.41) is 8.56. The molecule has 0 bridgehead atoms. The molecule has 0 amide bonds. The van der Waals surface area contributed by atoms with Gasteiger partial charge in [-0.25, -0.2) is 0 Å². The van der Waals surface area contributed by atoms with E-state index in [1.807, 2.05) is 0 Å². The van der Waals surface area contributed by atoms with Crippen LogP contribution in [0, 0.1) is 22.9 Å². The van der Waals surface area contributed by atoms with Gasteiger partial charge in [0.25, 0.3) is 5.24 Å². The topological polar surface area (TPSA) is 60.2 Å². The summed E-state index contributed by atoms with van der Waals surface area (Å²) in [5.41, 5.74) is -1.77. The SMILES string of the molecule is Cc1c(Cl)c(F)c([N+](=O)[O-])c(C(=O)Cl)c1Cl. The van der Waals surface area contributed by atoms with Gasteiger partial charge in [-0.1, -0.05) is 23.2 Å². The Hall–Kier alpha value is -0.910. The average Bonchev–Trinajstić information content (AvgIpc) is 2.18. The average molecular weight is 286 g/mol. The van der Waals surface area contributed by atoms with Crippen LogP contribution in [0.2, 0.25) is 10.0 Å². The number of benzene rings is 1. The first kappa shape index (κ1) is 13.2. The van der Waals surface area contributed by atoms with Crippen LogP contribution in [0.4, 0.5) is 10.1 Å². The molecular formula is C8H3Cl3FNO3. The number of nitro groups is 1. The molecule has 16 heavy (non-hydrogen) atoms. The largest absolute Gasteiger partial charge is 0.319 e. The Morgan fingerprint density at radius 3 is 2.25 bits per heavy atom. The van der Waals surface area contributed by atoms with Gasteiger partial charge < -0.3 is 0 Å². The van der Waals surface area contributed by atoms with E-state index in [0.29, 0.717) is 0 Å². The summed E-state index contributed by atoms with van der Waals surface area (Å²) in [6.45, 7) is 1.32. The predicted molar refractivity (Wildman–Crippen MR) is 58.0 cm³/mol. The van der Waals surface area contributed by atoms with E-state index in [9.17, 15) is 19.3 Å².